The zero-order valence-corrected chi connectivity index (χ0v) is 12.6. The predicted octanol–water partition coefficient (Wildman–Crippen LogP) is 5.00. The lowest BCUT2D eigenvalue weighted by atomic mass is 10.00. The summed E-state index contributed by atoms with van der Waals surface area (Å²) >= 11 is 15.5. The first-order valence-corrected chi connectivity index (χ1v) is 7.07. The van der Waals surface area contributed by atoms with E-state index in [4.69, 9.17) is 28.9 Å². The second kappa shape index (κ2) is 6.07. The standard InChI is InChI=1S/C14H12BrCl2N/c15-11-6-4-9(5-7-11)13(18)8-10-2-1-3-12(16)14(10)17/h1-7,13H,8,18H2. The van der Waals surface area contributed by atoms with Crippen LogP contribution >= 0.6 is 39.1 Å². The first-order chi connectivity index (χ1) is 8.58. The molecule has 0 aliphatic carbocycles. The van der Waals surface area contributed by atoms with Crippen LogP contribution in [0, 0.1) is 0 Å². The maximum absolute atomic E-state index is 6.18. The molecule has 1 unspecified atom stereocenters. The van der Waals surface area contributed by atoms with Gasteiger partial charge < -0.3 is 5.73 Å². The van der Waals surface area contributed by atoms with Crippen molar-refractivity contribution >= 4 is 39.1 Å². The first kappa shape index (κ1) is 13.9. The molecule has 2 aromatic carbocycles. The summed E-state index contributed by atoms with van der Waals surface area (Å²) < 4.78 is 1.04. The van der Waals surface area contributed by atoms with E-state index in [-0.39, 0.29) is 6.04 Å². The van der Waals surface area contributed by atoms with E-state index >= 15 is 0 Å². The van der Waals surface area contributed by atoms with Gasteiger partial charge in [-0.15, -0.1) is 0 Å². The summed E-state index contributed by atoms with van der Waals surface area (Å²) in [6, 6.07) is 13.5. The van der Waals surface area contributed by atoms with Gasteiger partial charge >= 0.3 is 0 Å². The molecular formula is C14H12BrCl2N. The third kappa shape index (κ3) is 3.27. The van der Waals surface area contributed by atoms with E-state index in [0.29, 0.717) is 16.5 Å². The highest BCUT2D eigenvalue weighted by Gasteiger charge is 2.11. The molecule has 0 heterocycles. The lowest BCUT2D eigenvalue weighted by Crippen LogP contribution is -2.13. The summed E-state index contributed by atoms with van der Waals surface area (Å²) in [5.74, 6) is 0. The molecule has 1 atom stereocenters. The Hall–Kier alpha value is -0.540. The first-order valence-electron chi connectivity index (χ1n) is 5.52. The van der Waals surface area contributed by atoms with E-state index in [1.807, 2.05) is 36.4 Å². The van der Waals surface area contributed by atoms with Gasteiger partial charge in [0.15, 0.2) is 0 Å². The molecule has 1 nitrogen and oxygen atoms in total. The molecule has 0 aromatic heterocycles. The molecule has 0 amide bonds. The minimum absolute atomic E-state index is 0.0888. The highest BCUT2D eigenvalue weighted by molar-refractivity contribution is 9.10. The van der Waals surface area contributed by atoms with E-state index < -0.39 is 0 Å². The summed E-state index contributed by atoms with van der Waals surface area (Å²) in [6.07, 6.45) is 0.668. The van der Waals surface area contributed by atoms with Crippen molar-refractivity contribution in [1.82, 2.24) is 0 Å². The monoisotopic (exact) mass is 343 g/mol. The van der Waals surface area contributed by atoms with Crippen molar-refractivity contribution < 1.29 is 0 Å². The minimum atomic E-state index is -0.0888. The van der Waals surface area contributed by atoms with Crippen LogP contribution in [-0.2, 0) is 6.42 Å². The molecule has 18 heavy (non-hydrogen) atoms. The molecule has 94 valence electrons. The Morgan fingerprint density at radius 3 is 2.39 bits per heavy atom. The average Bonchev–Trinajstić information content (AvgIpc) is 2.36. The van der Waals surface area contributed by atoms with Crippen LogP contribution in [-0.4, -0.2) is 0 Å². The number of hydrogen-bond donors (Lipinski definition) is 1. The topological polar surface area (TPSA) is 26.0 Å². The Balaban J connectivity index is 2.18. The maximum atomic E-state index is 6.18. The van der Waals surface area contributed by atoms with Crippen molar-refractivity contribution in [2.24, 2.45) is 5.73 Å². The van der Waals surface area contributed by atoms with Gasteiger partial charge in [-0.25, -0.2) is 0 Å². The molecule has 0 spiro atoms. The predicted molar refractivity (Wildman–Crippen MR) is 81.2 cm³/mol. The summed E-state index contributed by atoms with van der Waals surface area (Å²) in [7, 11) is 0. The van der Waals surface area contributed by atoms with Gasteiger partial charge in [-0.05, 0) is 35.7 Å². The van der Waals surface area contributed by atoms with E-state index in [1.54, 1.807) is 6.07 Å². The zero-order chi connectivity index (χ0) is 13.1. The molecule has 0 bridgehead atoms. The molecule has 2 N–H and O–H groups in total. The smallest absolute Gasteiger partial charge is 0.0624 e. The molecular weight excluding hydrogens is 333 g/mol. The summed E-state index contributed by atoms with van der Waals surface area (Å²) in [4.78, 5) is 0. The molecule has 0 radical (unpaired) electrons. The fourth-order valence-corrected chi connectivity index (χ4v) is 2.43. The molecule has 0 aliphatic heterocycles. The Kier molecular flexibility index (Phi) is 4.68. The van der Waals surface area contributed by atoms with Crippen LogP contribution in [0.1, 0.15) is 17.2 Å². The number of benzene rings is 2. The van der Waals surface area contributed by atoms with Crippen LogP contribution in [0.2, 0.25) is 10.0 Å². The van der Waals surface area contributed by atoms with E-state index in [9.17, 15) is 0 Å². The fraction of sp³-hybridized carbons (Fsp3) is 0.143. The number of nitrogens with two attached hydrogens (primary N) is 1. The highest BCUT2D eigenvalue weighted by atomic mass is 79.9. The lowest BCUT2D eigenvalue weighted by Gasteiger charge is -2.13. The second-order valence-corrected chi connectivity index (χ2v) is 5.78. The molecule has 2 aromatic rings. The Morgan fingerprint density at radius 2 is 1.72 bits per heavy atom. The highest BCUT2D eigenvalue weighted by Crippen LogP contribution is 2.28. The normalized spacial score (nSPS) is 12.4. The average molecular weight is 345 g/mol. The third-order valence-electron chi connectivity index (χ3n) is 2.77. The number of rotatable bonds is 3. The molecule has 0 aliphatic rings. The fourth-order valence-electron chi connectivity index (χ4n) is 1.77. The van der Waals surface area contributed by atoms with E-state index in [2.05, 4.69) is 15.9 Å². The number of halogens is 3. The lowest BCUT2D eigenvalue weighted by molar-refractivity contribution is 0.722. The van der Waals surface area contributed by atoms with E-state index in [0.717, 1.165) is 15.6 Å². The van der Waals surface area contributed by atoms with Crippen LogP contribution in [0.4, 0.5) is 0 Å². The summed E-state index contributed by atoms with van der Waals surface area (Å²) in [5, 5.41) is 1.16. The van der Waals surface area contributed by atoms with Gasteiger partial charge in [-0.3, -0.25) is 0 Å². The van der Waals surface area contributed by atoms with Gasteiger partial charge in [-0.2, -0.15) is 0 Å². The van der Waals surface area contributed by atoms with Gasteiger partial charge in [0.25, 0.3) is 0 Å². The Labute approximate surface area is 125 Å². The van der Waals surface area contributed by atoms with Gasteiger partial charge in [0, 0.05) is 10.5 Å². The van der Waals surface area contributed by atoms with Gasteiger partial charge in [0.05, 0.1) is 10.0 Å². The third-order valence-corrected chi connectivity index (χ3v) is 4.16. The molecule has 0 saturated heterocycles. The maximum Gasteiger partial charge on any atom is 0.0624 e. The van der Waals surface area contributed by atoms with Crippen molar-refractivity contribution in [3.8, 4) is 0 Å². The minimum Gasteiger partial charge on any atom is -0.324 e. The van der Waals surface area contributed by atoms with Crippen LogP contribution in [0.3, 0.4) is 0 Å². The van der Waals surface area contributed by atoms with Gasteiger partial charge in [-0.1, -0.05) is 63.4 Å². The van der Waals surface area contributed by atoms with Crippen molar-refractivity contribution in [3.05, 3.63) is 68.1 Å². The molecule has 0 saturated carbocycles. The van der Waals surface area contributed by atoms with E-state index in [1.165, 1.54) is 0 Å². The quantitative estimate of drug-likeness (QED) is 0.833. The second-order valence-electron chi connectivity index (χ2n) is 4.08. The Bertz CT molecular complexity index is 540. The Morgan fingerprint density at radius 1 is 1.06 bits per heavy atom. The molecule has 0 fully saturated rings. The molecule has 4 heteroatoms. The van der Waals surface area contributed by atoms with Crippen LogP contribution in [0.5, 0.6) is 0 Å². The SMILES string of the molecule is NC(Cc1cccc(Cl)c1Cl)c1ccc(Br)cc1. The van der Waals surface area contributed by atoms with Crippen LogP contribution < -0.4 is 5.73 Å². The summed E-state index contributed by atoms with van der Waals surface area (Å²) in [6.45, 7) is 0. The van der Waals surface area contributed by atoms with Crippen molar-refractivity contribution in [3.63, 3.8) is 0 Å². The van der Waals surface area contributed by atoms with Crippen molar-refractivity contribution in [2.75, 3.05) is 0 Å². The molecule has 2 rings (SSSR count). The van der Waals surface area contributed by atoms with Crippen molar-refractivity contribution in [2.45, 2.75) is 12.5 Å². The van der Waals surface area contributed by atoms with Crippen LogP contribution in [0.25, 0.3) is 0 Å². The van der Waals surface area contributed by atoms with Gasteiger partial charge in [0.2, 0.25) is 0 Å². The zero-order valence-electron chi connectivity index (χ0n) is 9.54. The largest absolute Gasteiger partial charge is 0.324 e. The number of hydrogen-bond acceptors (Lipinski definition) is 1. The van der Waals surface area contributed by atoms with Crippen LogP contribution in [0.15, 0.2) is 46.9 Å². The summed E-state index contributed by atoms with van der Waals surface area (Å²) in [5.41, 5.74) is 8.23. The van der Waals surface area contributed by atoms with Gasteiger partial charge in [0.1, 0.15) is 0 Å². The van der Waals surface area contributed by atoms with Crippen molar-refractivity contribution in [1.29, 1.82) is 0 Å².